The quantitative estimate of drug-likeness (QED) is 0.586. The molecule has 0 rings (SSSR count). The fourth-order valence-corrected chi connectivity index (χ4v) is 1.44. The zero-order valence-corrected chi connectivity index (χ0v) is 9.30. The molecule has 0 saturated carbocycles. The van der Waals surface area contributed by atoms with Gasteiger partial charge in [-0.1, -0.05) is 0 Å². The van der Waals surface area contributed by atoms with Crippen LogP contribution in [-0.4, -0.2) is 39.5 Å². The minimum Gasteiger partial charge on any atom is -0.385 e. The van der Waals surface area contributed by atoms with Crippen LogP contribution >= 0.6 is 0 Å². The molecular weight excluding hydrogens is 166 g/mol. The second kappa shape index (κ2) is 8.48. The lowest BCUT2D eigenvalue weighted by atomic mass is 10.1. The first-order chi connectivity index (χ1) is 6.26. The lowest BCUT2D eigenvalue weighted by Gasteiger charge is -2.23. The molecule has 3 nitrogen and oxygen atoms in total. The van der Waals surface area contributed by atoms with E-state index in [1.54, 1.807) is 7.11 Å². The van der Waals surface area contributed by atoms with Crippen molar-refractivity contribution in [1.82, 2.24) is 5.32 Å². The molecule has 0 aliphatic rings. The molecule has 2 unspecified atom stereocenters. The monoisotopic (exact) mass is 189 g/mol. The third-order valence-electron chi connectivity index (χ3n) is 2.23. The van der Waals surface area contributed by atoms with Crippen LogP contribution in [0.2, 0.25) is 0 Å². The van der Waals surface area contributed by atoms with Crippen LogP contribution in [0.15, 0.2) is 0 Å². The van der Waals surface area contributed by atoms with Crippen LogP contribution in [0.4, 0.5) is 0 Å². The molecule has 2 atom stereocenters. The van der Waals surface area contributed by atoms with E-state index in [1.807, 2.05) is 14.0 Å². The number of ether oxygens (including phenoxy) is 2. The van der Waals surface area contributed by atoms with Crippen LogP contribution in [0, 0.1) is 0 Å². The van der Waals surface area contributed by atoms with Crippen molar-refractivity contribution in [2.45, 2.75) is 38.8 Å². The number of nitrogens with one attached hydrogen (secondary N) is 1. The Bertz CT molecular complexity index is 109. The summed E-state index contributed by atoms with van der Waals surface area (Å²) in [6, 6.07) is 0.440. The lowest BCUT2D eigenvalue weighted by Crippen LogP contribution is -2.37. The SMILES string of the molecule is CCOC(C)C(CCCOC)NC. The number of hydrogen-bond donors (Lipinski definition) is 1. The molecular formula is C10H23NO2. The van der Waals surface area contributed by atoms with E-state index in [1.165, 1.54) is 0 Å². The molecule has 0 radical (unpaired) electrons. The molecule has 13 heavy (non-hydrogen) atoms. The first kappa shape index (κ1) is 12.9. The molecule has 0 aromatic carbocycles. The highest BCUT2D eigenvalue weighted by atomic mass is 16.5. The van der Waals surface area contributed by atoms with Crippen molar-refractivity contribution in [3.63, 3.8) is 0 Å². The summed E-state index contributed by atoms with van der Waals surface area (Å²) < 4.78 is 10.5. The summed E-state index contributed by atoms with van der Waals surface area (Å²) in [5, 5.41) is 3.26. The number of rotatable bonds is 8. The van der Waals surface area contributed by atoms with Crippen molar-refractivity contribution >= 4 is 0 Å². The standard InChI is InChI=1S/C10H23NO2/c1-5-13-9(2)10(11-3)7-6-8-12-4/h9-11H,5-8H2,1-4H3. The fourth-order valence-electron chi connectivity index (χ4n) is 1.44. The van der Waals surface area contributed by atoms with Gasteiger partial charge in [-0.2, -0.15) is 0 Å². The molecule has 0 saturated heterocycles. The highest BCUT2D eigenvalue weighted by Crippen LogP contribution is 2.05. The molecule has 0 aliphatic heterocycles. The molecule has 0 amide bonds. The van der Waals surface area contributed by atoms with Crippen LogP contribution in [0.3, 0.4) is 0 Å². The average Bonchev–Trinajstić information content (AvgIpc) is 2.13. The second-order valence-electron chi connectivity index (χ2n) is 3.19. The van der Waals surface area contributed by atoms with Gasteiger partial charge in [0.2, 0.25) is 0 Å². The summed E-state index contributed by atoms with van der Waals surface area (Å²) in [5.41, 5.74) is 0. The van der Waals surface area contributed by atoms with Crippen molar-refractivity contribution in [2.75, 3.05) is 27.4 Å². The molecule has 0 bridgehead atoms. The Labute approximate surface area is 81.8 Å². The van der Waals surface area contributed by atoms with Gasteiger partial charge in [0.1, 0.15) is 0 Å². The maximum absolute atomic E-state index is 5.52. The Balaban J connectivity index is 3.60. The van der Waals surface area contributed by atoms with E-state index >= 15 is 0 Å². The van der Waals surface area contributed by atoms with Crippen molar-refractivity contribution in [2.24, 2.45) is 0 Å². The Morgan fingerprint density at radius 2 is 2.08 bits per heavy atom. The van der Waals surface area contributed by atoms with E-state index in [4.69, 9.17) is 9.47 Å². The van der Waals surface area contributed by atoms with Gasteiger partial charge in [-0.05, 0) is 33.7 Å². The maximum Gasteiger partial charge on any atom is 0.0699 e. The number of hydrogen-bond acceptors (Lipinski definition) is 3. The Morgan fingerprint density at radius 3 is 2.54 bits per heavy atom. The molecule has 3 heteroatoms. The summed E-state index contributed by atoms with van der Waals surface area (Å²) in [5.74, 6) is 0. The summed E-state index contributed by atoms with van der Waals surface area (Å²) in [6.07, 6.45) is 2.47. The third kappa shape index (κ3) is 6.02. The van der Waals surface area contributed by atoms with E-state index in [0.717, 1.165) is 26.1 Å². The predicted molar refractivity (Wildman–Crippen MR) is 55.0 cm³/mol. The Hall–Kier alpha value is -0.120. The smallest absolute Gasteiger partial charge is 0.0699 e. The molecule has 0 aromatic heterocycles. The van der Waals surface area contributed by atoms with E-state index in [9.17, 15) is 0 Å². The largest absolute Gasteiger partial charge is 0.385 e. The molecule has 0 spiro atoms. The summed E-state index contributed by atoms with van der Waals surface area (Å²) >= 11 is 0. The lowest BCUT2D eigenvalue weighted by molar-refractivity contribution is 0.0446. The molecule has 80 valence electrons. The van der Waals surface area contributed by atoms with Crippen LogP contribution in [0.5, 0.6) is 0 Å². The first-order valence-corrected chi connectivity index (χ1v) is 5.04. The Kier molecular flexibility index (Phi) is 8.40. The molecule has 0 aliphatic carbocycles. The van der Waals surface area contributed by atoms with Gasteiger partial charge in [-0.25, -0.2) is 0 Å². The van der Waals surface area contributed by atoms with Crippen LogP contribution < -0.4 is 5.32 Å². The van der Waals surface area contributed by atoms with Gasteiger partial charge in [0.25, 0.3) is 0 Å². The van der Waals surface area contributed by atoms with Crippen molar-refractivity contribution in [3.8, 4) is 0 Å². The van der Waals surface area contributed by atoms with Crippen LogP contribution in [0.25, 0.3) is 0 Å². The minimum absolute atomic E-state index is 0.284. The average molecular weight is 189 g/mol. The van der Waals surface area contributed by atoms with Gasteiger partial charge < -0.3 is 14.8 Å². The van der Waals surface area contributed by atoms with Crippen molar-refractivity contribution < 1.29 is 9.47 Å². The molecule has 0 aromatic rings. The van der Waals surface area contributed by atoms with Crippen LogP contribution in [0.1, 0.15) is 26.7 Å². The molecule has 0 fully saturated rings. The zero-order valence-electron chi connectivity index (χ0n) is 9.30. The van der Waals surface area contributed by atoms with Gasteiger partial charge in [0.05, 0.1) is 6.10 Å². The summed E-state index contributed by atoms with van der Waals surface area (Å²) in [6.45, 7) is 5.75. The third-order valence-corrected chi connectivity index (χ3v) is 2.23. The Morgan fingerprint density at radius 1 is 1.38 bits per heavy atom. The minimum atomic E-state index is 0.284. The first-order valence-electron chi connectivity index (χ1n) is 5.04. The predicted octanol–water partition coefficient (Wildman–Crippen LogP) is 1.43. The number of likely N-dealkylation sites (N-methyl/N-ethyl adjacent to an activating group) is 1. The zero-order chi connectivity index (χ0) is 10.1. The van der Waals surface area contributed by atoms with Gasteiger partial charge in [-0.15, -0.1) is 0 Å². The highest BCUT2D eigenvalue weighted by Gasteiger charge is 2.14. The van der Waals surface area contributed by atoms with E-state index in [-0.39, 0.29) is 6.10 Å². The fraction of sp³-hybridized carbons (Fsp3) is 1.00. The molecule has 1 N–H and O–H groups in total. The van der Waals surface area contributed by atoms with Crippen molar-refractivity contribution in [1.29, 1.82) is 0 Å². The summed E-state index contributed by atoms with van der Waals surface area (Å²) in [7, 11) is 3.72. The highest BCUT2D eigenvalue weighted by molar-refractivity contribution is 4.71. The van der Waals surface area contributed by atoms with Gasteiger partial charge in [-0.3, -0.25) is 0 Å². The van der Waals surface area contributed by atoms with E-state index in [0.29, 0.717) is 6.04 Å². The molecule has 0 heterocycles. The topological polar surface area (TPSA) is 30.5 Å². The van der Waals surface area contributed by atoms with E-state index in [2.05, 4.69) is 12.2 Å². The maximum atomic E-state index is 5.52. The van der Waals surface area contributed by atoms with Crippen LogP contribution in [-0.2, 0) is 9.47 Å². The second-order valence-corrected chi connectivity index (χ2v) is 3.19. The van der Waals surface area contributed by atoms with Gasteiger partial charge >= 0.3 is 0 Å². The van der Waals surface area contributed by atoms with Gasteiger partial charge in [0.15, 0.2) is 0 Å². The summed E-state index contributed by atoms with van der Waals surface area (Å²) in [4.78, 5) is 0. The number of methoxy groups -OCH3 is 1. The van der Waals surface area contributed by atoms with Crippen molar-refractivity contribution in [3.05, 3.63) is 0 Å². The van der Waals surface area contributed by atoms with Gasteiger partial charge in [0, 0.05) is 26.4 Å². The van der Waals surface area contributed by atoms with E-state index < -0.39 is 0 Å². The normalized spacial score (nSPS) is 15.7.